The Bertz CT molecular complexity index is 166. The summed E-state index contributed by atoms with van der Waals surface area (Å²) in [6.07, 6.45) is -0.286. The molecule has 0 aromatic heterocycles. The molecule has 12 heavy (non-hydrogen) atoms. The third-order valence-corrected chi connectivity index (χ3v) is 5.10. The lowest BCUT2D eigenvalue weighted by Gasteiger charge is -2.39. The summed E-state index contributed by atoms with van der Waals surface area (Å²) in [6.45, 7) is 10.9. The highest BCUT2D eigenvalue weighted by molar-refractivity contribution is 7.81. The Morgan fingerprint density at radius 2 is 1.50 bits per heavy atom. The van der Waals surface area contributed by atoms with E-state index in [1.807, 2.05) is 0 Å². The zero-order valence-corrected chi connectivity index (χ0v) is 9.52. The van der Waals surface area contributed by atoms with Gasteiger partial charge in [0.1, 0.15) is 0 Å². The van der Waals surface area contributed by atoms with E-state index in [-0.39, 0.29) is 22.2 Å². The van der Waals surface area contributed by atoms with Gasteiger partial charge in [0, 0.05) is 5.25 Å². The average molecular weight is 188 g/mol. The molecule has 0 radical (unpaired) electrons. The first-order chi connectivity index (χ1) is 5.23. The van der Waals surface area contributed by atoms with Crippen molar-refractivity contribution in [1.82, 2.24) is 0 Å². The van der Waals surface area contributed by atoms with Crippen LogP contribution >= 0.6 is 12.6 Å². The molecule has 1 N–H and O–H groups in total. The minimum absolute atomic E-state index is 0.0289. The molecule has 0 amide bonds. The number of aliphatic hydroxyl groups excluding tert-OH is 1. The van der Waals surface area contributed by atoms with E-state index in [0.29, 0.717) is 5.92 Å². The van der Waals surface area contributed by atoms with Gasteiger partial charge < -0.3 is 5.11 Å². The van der Waals surface area contributed by atoms with E-state index in [1.54, 1.807) is 0 Å². The zero-order valence-electron chi connectivity index (χ0n) is 8.63. The highest BCUT2D eigenvalue weighted by Crippen LogP contribution is 2.56. The maximum atomic E-state index is 9.96. The molecule has 0 heterocycles. The van der Waals surface area contributed by atoms with Gasteiger partial charge in [-0.1, -0.05) is 34.6 Å². The molecule has 1 nitrogen and oxygen atoms in total. The van der Waals surface area contributed by atoms with Crippen molar-refractivity contribution in [3.63, 3.8) is 0 Å². The van der Waals surface area contributed by atoms with Crippen molar-refractivity contribution in [2.45, 2.75) is 46.0 Å². The Labute approximate surface area is 81.0 Å². The molecule has 1 aliphatic carbocycles. The van der Waals surface area contributed by atoms with Crippen molar-refractivity contribution >= 4 is 12.6 Å². The first-order valence-electron chi connectivity index (χ1n) is 4.59. The van der Waals surface area contributed by atoms with Gasteiger partial charge in [-0.25, -0.2) is 0 Å². The molecule has 0 aromatic carbocycles. The normalized spacial score (nSPS) is 44.8. The van der Waals surface area contributed by atoms with Gasteiger partial charge in [0.2, 0.25) is 0 Å². The number of hydrogen-bond acceptors (Lipinski definition) is 2. The van der Waals surface area contributed by atoms with Gasteiger partial charge in [-0.05, 0) is 16.7 Å². The molecule has 72 valence electrons. The number of thiol groups is 1. The van der Waals surface area contributed by atoms with Crippen molar-refractivity contribution in [2.24, 2.45) is 16.7 Å². The average Bonchev–Trinajstić information content (AvgIpc) is 2.05. The van der Waals surface area contributed by atoms with Gasteiger partial charge in [0.25, 0.3) is 0 Å². The van der Waals surface area contributed by atoms with Crippen LogP contribution < -0.4 is 0 Å². The number of aliphatic hydroxyl groups is 1. The van der Waals surface area contributed by atoms with Gasteiger partial charge >= 0.3 is 0 Å². The third kappa shape index (κ3) is 1.04. The Morgan fingerprint density at radius 1 is 1.08 bits per heavy atom. The molecule has 0 saturated heterocycles. The molecule has 1 rings (SSSR count). The Balaban J connectivity index is 3.06. The second kappa shape index (κ2) is 2.65. The monoisotopic (exact) mass is 188 g/mol. The van der Waals surface area contributed by atoms with Crippen LogP contribution in [0.15, 0.2) is 0 Å². The molecule has 0 aromatic rings. The summed E-state index contributed by atoms with van der Waals surface area (Å²) in [6, 6.07) is 0. The second-order valence-corrected chi connectivity index (χ2v) is 5.76. The zero-order chi connectivity index (χ0) is 9.73. The highest BCUT2D eigenvalue weighted by Gasteiger charge is 2.56. The topological polar surface area (TPSA) is 20.2 Å². The first-order valence-corrected chi connectivity index (χ1v) is 5.10. The predicted molar refractivity (Wildman–Crippen MR) is 55.5 cm³/mol. The number of rotatable bonds is 0. The fourth-order valence-corrected chi connectivity index (χ4v) is 2.84. The van der Waals surface area contributed by atoms with Gasteiger partial charge in [0.15, 0.2) is 0 Å². The molecule has 0 bridgehead atoms. The molecular formula is C10H20OS. The Kier molecular flexibility index (Phi) is 2.29. The molecule has 1 saturated carbocycles. The molecule has 0 spiro atoms. The van der Waals surface area contributed by atoms with E-state index in [0.717, 1.165) is 0 Å². The summed E-state index contributed by atoms with van der Waals surface area (Å²) in [5, 5.41) is 10.1. The third-order valence-electron chi connectivity index (χ3n) is 4.37. The first kappa shape index (κ1) is 10.4. The van der Waals surface area contributed by atoms with Crippen LogP contribution in [-0.2, 0) is 0 Å². The largest absolute Gasteiger partial charge is 0.391 e. The van der Waals surface area contributed by atoms with Gasteiger partial charge in [-0.15, -0.1) is 0 Å². The summed E-state index contributed by atoms with van der Waals surface area (Å²) >= 11 is 4.46. The van der Waals surface area contributed by atoms with Crippen LogP contribution in [0.2, 0.25) is 0 Å². The van der Waals surface area contributed by atoms with Crippen LogP contribution in [0.4, 0.5) is 0 Å². The van der Waals surface area contributed by atoms with E-state index in [1.165, 1.54) is 0 Å². The SMILES string of the molecule is C[C@@H]1[C@H](S)[C@@H](O)C(C)(C)C1(C)C. The van der Waals surface area contributed by atoms with E-state index < -0.39 is 0 Å². The van der Waals surface area contributed by atoms with Crippen LogP contribution in [0.25, 0.3) is 0 Å². The summed E-state index contributed by atoms with van der Waals surface area (Å²) in [5.74, 6) is 0.464. The predicted octanol–water partition coefficient (Wildman–Crippen LogP) is 2.35. The minimum atomic E-state index is -0.286. The van der Waals surface area contributed by atoms with Crippen molar-refractivity contribution in [3.8, 4) is 0 Å². The van der Waals surface area contributed by atoms with Crippen molar-refractivity contribution in [2.75, 3.05) is 0 Å². The Morgan fingerprint density at radius 3 is 1.58 bits per heavy atom. The molecule has 2 heteroatoms. The van der Waals surface area contributed by atoms with Crippen molar-refractivity contribution in [3.05, 3.63) is 0 Å². The van der Waals surface area contributed by atoms with Crippen LogP contribution in [-0.4, -0.2) is 16.5 Å². The molecular weight excluding hydrogens is 168 g/mol. The van der Waals surface area contributed by atoms with Crippen molar-refractivity contribution < 1.29 is 5.11 Å². The van der Waals surface area contributed by atoms with Gasteiger partial charge in [-0.2, -0.15) is 12.6 Å². The molecule has 1 aliphatic rings. The molecule has 0 unspecified atom stereocenters. The van der Waals surface area contributed by atoms with Crippen LogP contribution in [0.3, 0.4) is 0 Å². The fourth-order valence-electron chi connectivity index (χ4n) is 2.10. The fraction of sp³-hybridized carbons (Fsp3) is 1.00. The lowest BCUT2D eigenvalue weighted by molar-refractivity contribution is 0.0158. The second-order valence-electron chi connectivity index (χ2n) is 5.17. The van der Waals surface area contributed by atoms with E-state index in [4.69, 9.17) is 0 Å². The summed E-state index contributed by atoms with van der Waals surface area (Å²) in [5.41, 5.74) is 0.137. The summed E-state index contributed by atoms with van der Waals surface area (Å²) in [7, 11) is 0. The van der Waals surface area contributed by atoms with Crippen molar-refractivity contribution in [1.29, 1.82) is 0 Å². The maximum absolute atomic E-state index is 9.96. The van der Waals surface area contributed by atoms with E-state index in [9.17, 15) is 5.11 Å². The molecule has 1 fully saturated rings. The standard InChI is InChI=1S/C10H20OS/c1-6-7(12)8(11)10(4,5)9(6,2)3/h6-8,11-12H,1-5H3/t6-,7+,8-/m1/s1. The highest BCUT2D eigenvalue weighted by atomic mass is 32.1. The van der Waals surface area contributed by atoms with Crippen LogP contribution in [0.5, 0.6) is 0 Å². The van der Waals surface area contributed by atoms with Crippen LogP contribution in [0.1, 0.15) is 34.6 Å². The lowest BCUT2D eigenvalue weighted by atomic mass is 9.67. The quantitative estimate of drug-likeness (QED) is 0.559. The van der Waals surface area contributed by atoms with Gasteiger partial charge in [0.05, 0.1) is 6.10 Å². The molecule has 0 aliphatic heterocycles. The van der Waals surface area contributed by atoms with E-state index in [2.05, 4.69) is 47.2 Å². The maximum Gasteiger partial charge on any atom is 0.0715 e. The Hall–Kier alpha value is 0.310. The smallest absolute Gasteiger partial charge is 0.0715 e. The lowest BCUT2D eigenvalue weighted by Crippen LogP contribution is -2.36. The van der Waals surface area contributed by atoms with Crippen LogP contribution in [0, 0.1) is 16.7 Å². The van der Waals surface area contributed by atoms with Gasteiger partial charge in [-0.3, -0.25) is 0 Å². The minimum Gasteiger partial charge on any atom is -0.391 e. The summed E-state index contributed by atoms with van der Waals surface area (Å²) in [4.78, 5) is 0. The summed E-state index contributed by atoms with van der Waals surface area (Å²) < 4.78 is 0. The molecule has 3 atom stereocenters. The number of hydrogen-bond donors (Lipinski definition) is 2. The van der Waals surface area contributed by atoms with E-state index >= 15 is 0 Å².